The van der Waals surface area contributed by atoms with Crippen molar-refractivity contribution in [2.75, 3.05) is 19.0 Å². The van der Waals surface area contributed by atoms with E-state index in [4.69, 9.17) is 9.47 Å². The van der Waals surface area contributed by atoms with Crippen molar-refractivity contribution in [2.24, 2.45) is 5.41 Å². The summed E-state index contributed by atoms with van der Waals surface area (Å²) >= 11 is 7.21. The van der Waals surface area contributed by atoms with Crippen molar-refractivity contribution in [3.8, 4) is 11.5 Å². The summed E-state index contributed by atoms with van der Waals surface area (Å²) in [5.74, 6) is 1.73. The fourth-order valence-electron chi connectivity index (χ4n) is 2.57. The van der Waals surface area contributed by atoms with Crippen LogP contribution in [0.3, 0.4) is 0 Å². The van der Waals surface area contributed by atoms with E-state index in [-0.39, 0.29) is 0 Å². The van der Waals surface area contributed by atoms with Crippen LogP contribution in [0.15, 0.2) is 22.7 Å². The maximum Gasteiger partial charge on any atom is 0.133 e. The summed E-state index contributed by atoms with van der Waals surface area (Å²) in [7, 11) is 1.67. The molecule has 2 rings (SSSR count). The Kier molecular flexibility index (Phi) is 5.58. The zero-order chi connectivity index (χ0) is 13.7. The van der Waals surface area contributed by atoms with E-state index in [2.05, 4.69) is 31.9 Å². The van der Waals surface area contributed by atoms with Crippen LogP contribution in [0.2, 0.25) is 0 Å². The third-order valence-corrected chi connectivity index (χ3v) is 5.68. The van der Waals surface area contributed by atoms with Crippen LogP contribution < -0.4 is 9.47 Å². The highest BCUT2D eigenvalue weighted by Gasteiger charge is 2.32. The topological polar surface area (TPSA) is 18.5 Å². The van der Waals surface area contributed by atoms with Gasteiger partial charge in [0.25, 0.3) is 0 Å². The van der Waals surface area contributed by atoms with Gasteiger partial charge in [0, 0.05) is 10.7 Å². The Bertz CT molecular complexity index is 415. The Labute approximate surface area is 132 Å². The molecule has 0 radical (unpaired) electrons. The minimum atomic E-state index is 0.303. The average molecular weight is 392 g/mol. The van der Waals surface area contributed by atoms with Gasteiger partial charge in [-0.25, -0.2) is 0 Å². The number of ether oxygens (including phenoxy) is 2. The molecule has 0 heterocycles. The summed E-state index contributed by atoms with van der Waals surface area (Å²) in [5, 5.41) is 1.02. The van der Waals surface area contributed by atoms with Crippen LogP contribution in [0.5, 0.6) is 11.5 Å². The fourth-order valence-corrected chi connectivity index (χ4v) is 3.77. The molecule has 0 atom stereocenters. The zero-order valence-electron chi connectivity index (χ0n) is 11.3. The third-order valence-electron chi connectivity index (χ3n) is 3.87. The maximum absolute atomic E-state index is 6.04. The molecule has 0 bridgehead atoms. The highest BCUT2D eigenvalue weighted by Crippen LogP contribution is 2.39. The number of halogens is 2. The van der Waals surface area contributed by atoms with Crippen molar-refractivity contribution >= 4 is 31.9 Å². The van der Waals surface area contributed by atoms with E-state index in [1.807, 2.05) is 18.2 Å². The number of methoxy groups -OCH3 is 1. The Hall–Kier alpha value is -0.220. The molecule has 0 amide bonds. The van der Waals surface area contributed by atoms with E-state index in [1.165, 1.54) is 32.1 Å². The van der Waals surface area contributed by atoms with Crippen LogP contribution in [-0.4, -0.2) is 19.0 Å². The summed E-state index contributed by atoms with van der Waals surface area (Å²) in [5.41, 5.74) is 0.303. The highest BCUT2D eigenvalue weighted by atomic mass is 79.9. The molecule has 2 nitrogen and oxygen atoms in total. The van der Waals surface area contributed by atoms with E-state index >= 15 is 0 Å². The molecule has 0 unspecified atom stereocenters. The van der Waals surface area contributed by atoms with Gasteiger partial charge in [0.05, 0.1) is 18.2 Å². The lowest BCUT2D eigenvalue weighted by Gasteiger charge is -2.35. The first-order chi connectivity index (χ1) is 9.19. The normalized spacial score (nSPS) is 18.1. The first-order valence-corrected chi connectivity index (χ1v) is 8.63. The smallest absolute Gasteiger partial charge is 0.133 e. The monoisotopic (exact) mass is 390 g/mol. The first-order valence-electron chi connectivity index (χ1n) is 6.71. The minimum Gasteiger partial charge on any atom is -0.497 e. The summed E-state index contributed by atoms with van der Waals surface area (Å²) in [6, 6.07) is 5.84. The number of alkyl halides is 1. The Balaban J connectivity index is 2.01. The Morgan fingerprint density at radius 2 is 1.95 bits per heavy atom. The lowest BCUT2D eigenvalue weighted by molar-refractivity contribution is 0.121. The molecule has 1 aliphatic carbocycles. The summed E-state index contributed by atoms with van der Waals surface area (Å²) in [6.07, 6.45) is 6.51. The van der Waals surface area contributed by atoms with Gasteiger partial charge < -0.3 is 9.47 Å². The van der Waals surface area contributed by atoms with Crippen molar-refractivity contribution in [2.45, 2.75) is 32.1 Å². The third kappa shape index (κ3) is 3.88. The molecule has 19 heavy (non-hydrogen) atoms. The van der Waals surface area contributed by atoms with Crippen molar-refractivity contribution < 1.29 is 9.47 Å². The van der Waals surface area contributed by atoms with Crippen LogP contribution in [0, 0.1) is 5.41 Å². The van der Waals surface area contributed by atoms with Crippen molar-refractivity contribution in [3.05, 3.63) is 22.7 Å². The Morgan fingerprint density at radius 3 is 2.53 bits per heavy atom. The maximum atomic E-state index is 6.04. The SMILES string of the molecule is COc1ccc(OCC2(CBr)CCCCC2)c(Br)c1. The lowest BCUT2D eigenvalue weighted by atomic mass is 9.76. The van der Waals surface area contributed by atoms with Crippen LogP contribution in [0.1, 0.15) is 32.1 Å². The average Bonchev–Trinajstić information content (AvgIpc) is 2.47. The Morgan fingerprint density at radius 1 is 1.21 bits per heavy atom. The van der Waals surface area contributed by atoms with E-state index in [1.54, 1.807) is 7.11 Å². The molecule has 1 aromatic rings. The van der Waals surface area contributed by atoms with Gasteiger partial charge in [0.2, 0.25) is 0 Å². The van der Waals surface area contributed by atoms with Gasteiger partial charge in [0.1, 0.15) is 11.5 Å². The minimum absolute atomic E-state index is 0.303. The quantitative estimate of drug-likeness (QED) is 0.643. The predicted octanol–water partition coefficient (Wildman–Crippen LogP) is 5.18. The van der Waals surface area contributed by atoms with E-state index in [0.717, 1.165) is 27.9 Å². The number of hydrogen-bond acceptors (Lipinski definition) is 2. The van der Waals surface area contributed by atoms with Gasteiger partial charge in [0.15, 0.2) is 0 Å². The predicted molar refractivity (Wildman–Crippen MR) is 85.5 cm³/mol. The highest BCUT2D eigenvalue weighted by molar-refractivity contribution is 9.10. The molecule has 0 N–H and O–H groups in total. The molecule has 1 fully saturated rings. The van der Waals surface area contributed by atoms with Gasteiger partial charge in [-0.3, -0.25) is 0 Å². The van der Waals surface area contributed by atoms with Crippen molar-refractivity contribution in [1.29, 1.82) is 0 Å². The van der Waals surface area contributed by atoms with Crippen LogP contribution in [0.25, 0.3) is 0 Å². The summed E-state index contributed by atoms with van der Waals surface area (Å²) in [4.78, 5) is 0. The summed E-state index contributed by atoms with van der Waals surface area (Å²) < 4.78 is 12.2. The van der Waals surface area contributed by atoms with Crippen LogP contribution in [-0.2, 0) is 0 Å². The molecular weight excluding hydrogens is 372 g/mol. The molecule has 1 aliphatic rings. The fraction of sp³-hybridized carbons (Fsp3) is 0.600. The van der Waals surface area contributed by atoms with E-state index in [9.17, 15) is 0 Å². The molecule has 1 aromatic carbocycles. The van der Waals surface area contributed by atoms with Gasteiger partial charge in [-0.05, 0) is 47.0 Å². The molecule has 0 spiro atoms. The molecule has 0 saturated heterocycles. The van der Waals surface area contributed by atoms with Crippen LogP contribution >= 0.6 is 31.9 Å². The van der Waals surface area contributed by atoms with Gasteiger partial charge in [-0.2, -0.15) is 0 Å². The molecule has 1 saturated carbocycles. The number of rotatable bonds is 5. The number of benzene rings is 1. The van der Waals surface area contributed by atoms with E-state index in [0.29, 0.717) is 5.41 Å². The van der Waals surface area contributed by atoms with Crippen molar-refractivity contribution in [1.82, 2.24) is 0 Å². The summed E-state index contributed by atoms with van der Waals surface area (Å²) in [6.45, 7) is 0.781. The molecule has 106 valence electrons. The first kappa shape index (κ1) is 15.2. The molecule has 0 aromatic heterocycles. The zero-order valence-corrected chi connectivity index (χ0v) is 14.4. The van der Waals surface area contributed by atoms with Gasteiger partial charge in [-0.1, -0.05) is 35.2 Å². The van der Waals surface area contributed by atoms with Gasteiger partial charge in [-0.15, -0.1) is 0 Å². The molecule has 4 heteroatoms. The molecule has 0 aliphatic heterocycles. The van der Waals surface area contributed by atoms with E-state index < -0.39 is 0 Å². The van der Waals surface area contributed by atoms with Crippen molar-refractivity contribution in [3.63, 3.8) is 0 Å². The second-order valence-corrected chi connectivity index (χ2v) is 6.69. The standard InChI is InChI=1S/C15H20Br2O2/c1-18-12-5-6-14(13(17)9-12)19-11-15(10-16)7-3-2-4-8-15/h5-6,9H,2-4,7-8,10-11H2,1H3. The second-order valence-electron chi connectivity index (χ2n) is 5.28. The number of hydrogen-bond donors (Lipinski definition) is 0. The molecular formula is C15H20Br2O2. The van der Waals surface area contributed by atoms with Gasteiger partial charge >= 0.3 is 0 Å². The lowest BCUT2D eigenvalue weighted by Crippen LogP contribution is -2.32. The largest absolute Gasteiger partial charge is 0.497 e. The second kappa shape index (κ2) is 6.98. The van der Waals surface area contributed by atoms with Crippen LogP contribution in [0.4, 0.5) is 0 Å².